The van der Waals surface area contributed by atoms with Gasteiger partial charge in [0.15, 0.2) is 0 Å². The Morgan fingerprint density at radius 1 is 1.80 bits per heavy atom. The molecule has 1 N–H and O–H groups in total. The van der Waals surface area contributed by atoms with E-state index in [1.165, 1.54) is 0 Å². The van der Waals surface area contributed by atoms with Gasteiger partial charge in [0.05, 0.1) is 6.04 Å². The molecule has 1 fully saturated rings. The second-order valence-electron chi connectivity index (χ2n) is 2.70. The lowest BCUT2D eigenvalue weighted by molar-refractivity contribution is -0.128. The normalized spacial score (nSPS) is 28.2. The Morgan fingerprint density at radius 2 is 2.50 bits per heavy atom. The van der Waals surface area contributed by atoms with Gasteiger partial charge in [-0.15, -0.1) is 0 Å². The van der Waals surface area contributed by atoms with Crippen LogP contribution in [-0.4, -0.2) is 37.0 Å². The minimum atomic E-state index is 0.105. The predicted octanol–water partition coefficient (Wildman–Crippen LogP) is -0.173. The summed E-state index contributed by atoms with van der Waals surface area (Å²) in [6.45, 7) is 3.81. The molecule has 0 saturated carbocycles. The largest absolute Gasteiger partial charge is 0.353 e. The number of nitrogens with one attached hydrogen (secondary N) is 1. The number of piperazine rings is 1. The van der Waals surface area contributed by atoms with Crippen LogP contribution in [-0.2, 0) is 4.79 Å². The molecule has 58 valence electrons. The van der Waals surface area contributed by atoms with Gasteiger partial charge in [-0.2, -0.15) is 0 Å². The van der Waals surface area contributed by atoms with E-state index in [0.29, 0.717) is 0 Å². The second kappa shape index (κ2) is 3.01. The van der Waals surface area contributed by atoms with Crippen molar-refractivity contribution in [1.82, 2.24) is 10.2 Å². The summed E-state index contributed by atoms with van der Waals surface area (Å²) in [6, 6.07) is 0.105. The third kappa shape index (κ3) is 1.29. The van der Waals surface area contributed by atoms with E-state index in [4.69, 9.17) is 0 Å². The molecule has 1 atom stereocenters. The summed E-state index contributed by atoms with van der Waals surface area (Å²) in [5.41, 5.74) is 0. The molecule has 0 spiro atoms. The van der Waals surface area contributed by atoms with Crippen LogP contribution in [0.25, 0.3) is 0 Å². The highest BCUT2D eigenvalue weighted by Gasteiger charge is 2.24. The van der Waals surface area contributed by atoms with Crippen LogP contribution in [0.4, 0.5) is 0 Å². The first-order valence-corrected chi connectivity index (χ1v) is 3.73. The van der Waals surface area contributed by atoms with Crippen LogP contribution in [0.5, 0.6) is 0 Å². The van der Waals surface area contributed by atoms with Crippen LogP contribution in [0.15, 0.2) is 0 Å². The standard InChI is InChI=1S/C7H14N2O/c1-3-6-7(10)8-4-5-9(6)2/h6H,3-5H2,1-2H3,(H,8,10). The summed E-state index contributed by atoms with van der Waals surface area (Å²) in [6.07, 6.45) is 0.905. The quantitative estimate of drug-likeness (QED) is 0.551. The molecule has 0 bridgehead atoms. The van der Waals surface area contributed by atoms with E-state index < -0.39 is 0 Å². The summed E-state index contributed by atoms with van der Waals surface area (Å²) < 4.78 is 0. The van der Waals surface area contributed by atoms with Crippen LogP contribution in [0.1, 0.15) is 13.3 Å². The first-order valence-electron chi connectivity index (χ1n) is 3.73. The molecule has 0 radical (unpaired) electrons. The third-order valence-electron chi connectivity index (χ3n) is 1.99. The van der Waals surface area contributed by atoms with Gasteiger partial charge in [-0.1, -0.05) is 6.92 Å². The molecular weight excluding hydrogens is 128 g/mol. The fourth-order valence-corrected chi connectivity index (χ4v) is 1.33. The number of amides is 1. The number of hydrogen-bond acceptors (Lipinski definition) is 2. The molecule has 1 unspecified atom stereocenters. The summed E-state index contributed by atoms with van der Waals surface area (Å²) in [4.78, 5) is 13.2. The van der Waals surface area contributed by atoms with Gasteiger partial charge in [0, 0.05) is 13.1 Å². The average Bonchev–Trinajstić information content (AvgIpc) is 1.88. The zero-order chi connectivity index (χ0) is 7.56. The fourth-order valence-electron chi connectivity index (χ4n) is 1.33. The van der Waals surface area contributed by atoms with Crippen molar-refractivity contribution in [2.24, 2.45) is 0 Å². The molecule has 1 rings (SSSR count). The molecule has 3 nitrogen and oxygen atoms in total. The van der Waals surface area contributed by atoms with Crippen molar-refractivity contribution in [3.8, 4) is 0 Å². The highest BCUT2D eigenvalue weighted by Crippen LogP contribution is 2.04. The third-order valence-corrected chi connectivity index (χ3v) is 1.99. The Labute approximate surface area is 61.4 Å². The fraction of sp³-hybridized carbons (Fsp3) is 0.857. The maximum atomic E-state index is 11.1. The molecule has 0 aromatic rings. The Kier molecular flexibility index (Phi) is 2.27. The SMILES string of the molecule is CCC1C(=O)NCCN1C. The minimum absolute atomic E-state index is 0.105. The van der Waals surface area contributed by atoms with Crippen molar-refractivity contribution in [3.05, 3.63) is 0 Å². The lowest BCUT2D eigenvalue weighted by Gasteiger charge is -2.30. The Morgan fingerprint density at radius 3 is 2.90 bits per heavy atom. The van der Waals surface area contributed by atoms with Gasteiger partial charge in [0.2, 0.25) is 5.91 Å². The highest BCUT2D eigenvalue weighted by molar-refractivity contribution is 5.82. The maximum absolute atomic E-state index is 11.1. The second-order valence-corrected chi connectivity index (χ2v) is 2.70. The van der Waals surface area contributed by atoms with Crippen molar-refractivity contribution < 1.29 is 4.79 Å². The molecule has 1 aliphatic rings. The molecule has 1 aliphatic heterocycles. The topological polar surface area (TPSA) is 32.3 Å². The van der Waals surface area contributed by atoms with Crippen molar-refractivity contribution in [1.29, 1.82) is 0 Å². The number of nitrogens with zero attached hydrogens (tertiary/aromatic N) is 1. The van der Waals surface area contributed by atoms with E-state index >= 15 is 0 Å². The molecule has 10 heavy (non-hydrogen) atoms. The summed E-state index contributed by atoms with van der Waals surface area (Å²) in [7, 11) is 1.99. The molecule has 1 saturated heterocycles. The Bertz CT molecular complexity index is 136. The molecular formula is C7H14N2O. The van der Waals surface area contributed by atoms with Crippen LogP contribution >= 0.6 is 0 Å². The van der Waals surface area contributed by atoms with Crippen molar-refractivity contribution in [2.75, 3.05) is 20.1 Å². The van der Waals surface area contributed by atoms with Crippen LogP contribution in [0, 0.1) is 0 Å². The van der Waals surface area contributed by atoms with Gasteiger partial charge in [-0.05, 0) is 13.5 Å². The number of likely N-dealkylation sites (N-methyl/N-ethyl adjacent to an activating group) is 1. The van der Waals surface area contributed by atoms with Crippen molar-refractivity contribution >= 4 is 5.91 Å². The van der Waals surface area contributed by atoms with Crippen LogP contribution < -0.4 is 5.32 Å². The molecule has 0 aromatic heterocycles. The van der Waals surface area contributed by atoms with E-state index in [1.807, 2.05) is 14.0 Å². The van der Waals surface area contributed by atoms with E-state index in [-0.39, 0.29) is 11.9 Å². The predicted molar refractivity (Wildman–Crippen MR) is 39.7 cm³/mol. The first-order chi connectivity index (χ1) is 4.75. The average molecular weight is 142 g/mol. The molecule has 3 heteroatoms. The zero-order valence-electron chi connectivity index (χ0n) is 6.55. The summed E-state index contributed by atoms with van der Waals surface area (Å²) in [5.74, 6) is 0.177. The van der Waals surface area contributed by atoms with E-state index in [2.05, 4.69) is 10.2 Å². The molecule has 1 amide bonds. The van der Waals surface area contributed by atoms with Crippen LogP contribution in [0.2, 0.25) is 0 Å². The monoisotopic (exact) mass is 142 g/mol. The van der Waals surface area contributed by atoms with Gasteiger partial charge in [-0.3, -0.25) is 9.69 Å². The van der Waals surface area contributed by atoms with Crippen LogP contribution in [0.3, 0.4) is 0 Å². The van der Waals surface area contributed by atoms with Gasteiger partial charge >= 0.3 is 0 Å². The molecule has 0 aliphatic carbocycles. The smallest absolute Gasteiger partial charge is 0.237 e. The van der Waals surface area contributed by atoms with Gasteiger partial charge in [0.1, 0.15) is 0 Å². The number of carbonyl (C=O) groups excluding carboxylic acids is 1. The Hall–Kier alpha value is -0.570. The highest BCUT2D eigenvalue weighted by atomic mass is 16.2. The maximum Gasteiger partial charge on any atom is 0.237 e. The van der Waals surface area contributed by atoms with Crippen molar-refractivity contribution in [3.63, 3.8) is 0 Å². The molecule has 0 aromatic carbocycles. The Balaban J connectivity index is 2.53. The van der Waals surface area contributed by atoms with E-state index in [0.717, 1.165) is 19.5 Å². The summed E-state index contributed by atoms with van der Waals surface area (Å²) >= 11 is 0. The minimum Gasteiger partial charge on any atom is -0.353 e. The number of hydrogen-bond donors (Lipinski definition) is 1. The van der Waals surface area contributed by atoms with E-state index in [1.54, 1.807) is 0 Å². The van der Waals surface area contributed by atoms with Gasteiger partial charge in [0.25, 0.3) is 0 Å². The number of rotatable bonds is 1. The lowest BCUT2D eigenvalue weighted by Crippen LogP contribution is -2.53. The first kappa shape index (κ1) is 7.54. The van der Waals surface area contributed by atoms with E-state index in [9.17, 15) is 4.79 Å². The lowest BCUT2D eigenvalue weighted by atomic mass is 10.1. The zero-order valence-corrected chi connectivity index (χ0v) is 6.55. The summed E-state index contributed by atoms with van der Waals surface area (Å²) in [5, 5.41) is 2.83. The van der Waals surface area contributed by atoms with Crippen molar-refractivity contribution in [2.45, 2.75) is 19.4 Å². The van der Waals surface area contributed by atoms with Gasteiger partial charge < -0.3 is 5.32 Å². The number of carbonyl (C=O) groups is 1. The van der Waals surface area contributed by atoms with Gasteiger partial charge in [-0.25, -0.2) is 0 Å². The molecule has 1 heterocycles.